The second-order valence-corrected chi connectivity index (χ2v) is 5.07. The van der Waals surface area contributed by atoms with Crippen LogP contribution in [0.2, 0.25) is 0 Å². The van der Waals surface area contributed by atoms with E-state index in [1.165, 1.54) is 11.1 Å². The van der Waals surface area contributed by atoms with Crippen molar-refractivity contribution in [2.24, 2.45) is 0 Å². The molecule has 0 atom stereocenters. The molecule has 0 aliphatic rings. The molecule has 19 heavy (non-hydrogen) atoms. The van der Waals surface area contributed by atoms with Gasteiger partial charge in [0, 0.05) is 31.1 Å². The van der Waals surface area contributed by atoms with Gasteiger partial charge in [-0.3, -0.25) is 9.59 Å². The van der Waals surface area contributed by atoms with Gasteiger partial charge < -0.3 is 9.88 Å². The molecule has 0 fully saturated rings. The predicted molar refractivity (Wildman–Crippen MR) is 72.4 cm³/mol. The molecule has 2 aromatic rings. The number of likely N-dealkylation sites (N-methyl/N-ethyl adjacent to an activating group) is 1. The number of amides is 1. The van der Waals surface area contributed by atoms with Gasteiger partial charge in [-0.1, -0.05) is 0 Å². The highest BCUT2D eigenvalue weighted by Gasteiger charge is 2.13. The minimum Gasteiger partial charge on any atom is -0.340 e. The van der Waals surface area contributed by atoms with Gasteiger partial charge in [-0.05, 0) is 6.92 Å². The van der Waals surface area contributed by atoms with Crippen molar-refractivity contribution in [1.82, 2.24) is 19.9 Å². The average Bonchev–Trinajstić information content (AvgIpc) is 2.81. The lowest BCUT2D eigenvalue weighted by molar-refractivity contribution is 0.0790. The van der Waals surface area contributed by atoms with E-state index in [2.05, 4.69) is 15.0 Å². The monoisotopic (exact) mass is 278 g/mol. The van der Waals surface area contributed by atoms with E-state index >= 15 is 0 Å². The van der Waals surface area contributed by atoms with Crippen molar-refractivity contribution in [3.8, 4) is 0 Å². The molecule has 0 aromatic carbocycles. The van der Waals surface area contributed by atoms with E-state index < -0.39 is 0 Å². The van der Waals surface area contributed by atoms with Crippen LogP contribution < -0.4 is 5.56 Å². The highest BCUT2D eigenvalue weighted by Crippen LogP contribution is 2.13. The Balaban J connectivity index is 1.98. The van der Waals surface area contributed by atoms with Crippen molar-refractivity contribution in [3.63, 3.8) is 0 Å². The van der Waals surface area contributed by atoms with Gasteiger partial charge in [0.25, 0.3) is 11.5 Å². The van der Waals surface area contributed by atoms with Crippen LogP contribution in [-0.4, -0.2) is 39.4 Å². The number of rotatable bonds is 4. The molecule has 2 rings (SSSR count). The van der Waals surface area contributed by atoms with Crippen molar-refractivity contribution < 1.29 is 4.79 Å². The lowest BCUT2D eigenvalue weighted by Crippen LogP contribution is -2.30. The maximum Gasteiger partial charge on any atom is 0.273 e. The zero-order chi connectivity index (χ0) is 13.8. The highest BCUT2D eigenvalue weighted by molar-refractivity contribution is 7.09. The Labute approximate surface area is 114 Å². The van der Waals surface area contributed by atoms with Crippen LogP contribution in [0.5, 0.6) is 0 Å². The summed E-state index contributed by atoms with van der Waals surface area (Å²) in [4.78, 5) is 36.1. The molecule has 2 aromatic heterocycles. The third-order valence-electron chi connectivity index (χ3n) is 2.76. The van der Waals surface area contributed by atoms with Gasteiger partial charge in [0.15, 0.2) is 0 Å². The van der Waals surface area contributed by atoms with Crippen LogP contribution in [0, 0.1) is 6.92 Å². The number of nitrogens with zero attached hydrogens (tertiary/aromatic N) is 3. The number of carbonyl (C=O) groups excluding carboxylic acids is 1. The first-order chi connectivity index (χ1) is 9.08. The summed E-state index contributed by atoms with van der Waals surface area (Å²) in [5, 5.41) is 0. The Morgan fingerprint density at radius 1 is 1.47 bits per heavy atom. The van der Waals surface area contributed by atoms with E-state index in [1.54, 1.807) is 28.8 Å². The number of hydrogen-bond donors (Lipinski definition) is 1. The fraction of sp³-hybridized carbons (Fsp3) is 0.333. The predicted octanol–water partition coefficient (Wildman–Crippen LogP) is 0.850. The second-order valence-electron chi connectivity index (χ2n) is 4.13. The van der Waals surface area contributed by atoms with Crippen molar-refractivity contribution in [2.45, 2.75) is 13.3 Å². The zero-order valence-electron chi connectivity index (χ0n) is 10.7. The summed E-state index contributed by atoms with van der Waals surface area (Å²) < 4.78 is 0. The van der Waals surface area contributed by atoms with Crippen LogP contribution in [0.1, 0.15) is 21.1 Å². The molecule has 1 N–H and O–H groups in total. The smallest absolute Gasteiger partial charge is 0.273 e. The summed E-state index contributed by atoms with van der Waals surface area (Å²) in [7, 11) is 1.71. The summed E-state index contributed by atoms with van der Waals surface area (Å²) in [5.74, 6) is -0.210. The van der Waals surface area contributed by atoms with Crippen molar-refractivity contribution in [1.29, 1.82) is 0 Å². The van der Waals surface area contributed by atoms with Crippen molar-refractivity contribution >= 4 is 17.2 Å². The van der Waals surface area contributed by atoms with E-state index in [-0.39, 0.29) is 17.2 Å². The third-order valence-corrected chi connectivity index (χ3v) is 3.75. The topological polar surface area (TPSA) is 79.0 Å². The third kappa shape index (κ3) is 3.25. The Morgan fingerprint density at radius 3 is 2.84 bits per heavy atom. The molecule has 0 bridgehead atoms. The van der Waals surface area contributed by atoms with E-state index in [1.807, 2.05) is 6.92 Å². The SMILES string of the molecule is Cc1ncsc1CCN(C)C(=O)c1c[nH]c(=O)cn1. The lowest BCUT2D eigenvalue weighted by atomic mass is 10.3. The van der Waals surface area contributed by atoms with Crippen molar-refractivity contribution in [3.05, 3.63) is 44.5 Å². The quantitative estimate of drug-likeness (QED) is 0.899. The molecule has 6 nitrogen and oxygen atoms in total. The summed E-state index contributed by atoms with van der Waals surface area (Å²) in [6, 6.07) is 0. The summed E-state index contributed by atoms with van der Waals surface area (Å²) >= 11 is 1.59. The van der Waals surface area contributed by atoms with E-state index in [0.717, 1.165) is 18.3 Å². The van der Waals surface area contributed by atoms with Crippen LogP contribution in [-0.2, 0) is 6.42 Å². The Kier molecular flexibility index (Phi) is 4.06. The van der Waals surface area contributed by atoms with Gasteiger partial charge >= 0.3 is 0 Å². The largest absolute Gasteiger partial charge is 0.340 e. The molecule has 7 heteroatoms. The van der Waals surface area contributed by atoms with Crippen LogP contribution in [0.3, 0.4) is 0 Å². The van der Waals surface area contributed by atoms with E-state index in [4.69, 9.17) is 0 Å². The van der Waals surface area contributed by atoms with Gasteiger partial charge in [0.05, 0.1) is 17.4 Å². The number of carbonyl (C=O) groups is 1. The first-order valence-corrected chi connectivity index (χ1v) is 6.65. The van der Waals surface area contributed by atoms with Gasteiger partial charge in [-0.25, -0.2) is 9.97 Å². The number of H-pyrrole nitrogens is 1. The normalized spacial score (nSPS) is 10.4. The van der Waals surface area contributed by atoms with Gasteiger partial charge in [-0.2, -0.15) is 0 Å². The maximum absolute atomic E-state index is 12.0. The molecule has 1 amide bonds. The molecule has 0 saturated heterocycles. The minimum absolute atomic E-state index is 0.210. The van der Waals surface area contributed by atoms with Gasteiger partial charge in [0.2, 0.25) is 0 Å². The molecule has 0 radical (unpaired) electrons. The highest BCUT2D eigenvalue weighted by atomic mass is 32.1. The van der Waals surface area contributed by atoms with E-state index in [0.29, 0.717) is 6.54 Å². The number of hydrogen-bond acceptors (Lipinski definition) is 5. The molecule has 0 aliphatic carbocycles. The second kappa shape index (κ2) is 5.75. The van der Waals surface area contributed by atoms with Crippen LogP contribution in [0.25, 0.3) is 0 Å². The molecule has 100 valence electrons. The Hall–Kier alpha value is -2.02. The molecule has 0 spiro atoms. The number of aryl methyl sites for hydroxylation is 1. The fourth-order valence-electron chi connectivity index (χ4n) is 1.59. The standard InChI is InChI=1S/C12H14N4O2S/c1-8-10(19-7-15-8)3-4-16(2)12(18)9-5-14-11(17)6-13-9/h5-7H,3-4H2,1-2H3,(H,14,17). The number of nitrogens with one attached hydrogen (secondary N) is 1. The van der Waals surface area contributed by atoms with Crippen LogP contribution in [0.15, 0.2) is 22.7 Å². The Bertz CT molecular complexity index is 614. The molecule has 0 saturated carbocycles. The number of aromatic nitrogens is 3. The summed E-state index contributed by atoms with van der Waals surface area (Å²) in [5.41, 5.74) is 2.73. The van der Waals surface area contributed by atoms with Gasteiger partial charge in [0.1, 0.15) is 5.69 Å². The van der Waals surface area contributed by atoms with Crippen molar-refractivity contribution in [2.75, 3.05) is 13.6 Å². The fourth-order valence-corrected chi connectivity index (χ4v) is 2.36. The molecular weight excluding hydrogens is 264 g/mol. The average molecular weight is 278 g/mol. The molecule has 2 heterocycles. The molecular formula is C12H14N4O2S. The number of aromatic amines is 1. The summed E-state index contributed by atoms with van der Waals surface area (Å²) in [6.07, 6.45) is 3.20. The number of thiazole rings is 1. The summed E-state index contributed by atoms with van der Waals surface area (Å²) in [6.45, 7) is 2.54. The minimum atomic E-state index is -0.320. The first kappa shape index (κ1) is 13.4. The molecule has 0 unspecified atom stereocenters. The Morgan fingerprint density at radius 2 is 2.26 bits per heavy atom. The first-order valence-electron chi connectivity index (χ1n) is 5.77. The zero-order valence-corrected chi connectivity index (χ0v) is 11.5. The van der Waals surface area contributed by atoms with E-state index in [9.17, 15) is 9.59 Å². The lowest BCUT2D eigenvalue weighted by Gasteiger charge is -2.15. The molecule has 0 aliphatic heterocycles. The van der Waals surface area contributed by atoms with Crippen LogP contribution in [0.4, 0.5) is 0 Å². The maximum atomic E-state index is 12.0. The van der Waals surface area contributed by atoms with Crippen LogP contribution >= 0.6 is 11.3 Å². The van der Waals surface area contributed by atoms with Gasteiger partial charge in [-0.15, -0.1) is 11.3 Å².